The Morgan fingerprint density at radius 2 is 2.00 bits per heavy atom. The second-order valence-electron chi connectivity index (χ2n) is 8.57. The predicted molar refractivity (Wildman–Crippen MR) is 123 cm³/mol. The minimum atomic E-state index is 0.0668. The summed E-state index contributed by atoms with van der Waals surface area (Å²) in [5.74, 6) is 1.56. The van der Waals surface area contributed by atoms with Gasteiger partial charge >= 0.3 is 0 Å². The van der Waals surface area contributed by atoms with Crippen molar-refractivity contribution in [1.29, 1.82) is 0 Å². The molecular weight excluding hydrogens is 372 g/mol. The van der Waals surface area contributed by atoms with E-state index in [0.29, 0.717) is 5.95 Å². The van der Waals surface area contributed by atoms with Crippen LogP contribution in [-0.4, -0.2) is 28.0 Å². The fourth-order valence-electron chi connectivity index (χ4n) is 3.75. The van der Waals surface area contributed by atoms with Gasteiger partial charge in [-0.3, -0.25) is 0 Å². The standard InChI is InChI=1S/C24H30N6/c1-5-9-25-13-17-6-7-20(16(2)11-17)29-23-26-10-8-21(30-23)18-12-19-22(27-14-18)28-15-24(19,3)4/h6-8,10-12,14,25H,5,9,13,15H2,1-4H3,(H,27,28)(H,26,29,30). The largest absolute Gasteiger partial charge is 0.369 e. The quantitative estimate of drug-likeness (QED) is 0.493. The molecule has 3 N–H and O–H groups in total. The van der Waals surface area contributed by atoms with Crippen molar-refractivity contribution in [2.24, 2.45) is 0 Å². The first kappa shape index (κ1) is 20.3. The average molecular weight is 403 g/mol. The Hall–Kier alpha value is -2.99. The lowest BCUT2D eigenvalue weighted by Gasteiger charge is -2.17. The van der Waals surface area contributed by atoms with E-state index >= 15 is 0 Å². The molecule has 0 atom stereocenters. The average Bonchev–Trinajstić information content (AvgIpc) is 3.05. The Kier molecular flexibility index (Phi) is 5.68. The molecule has 0 saturated heterocycles. The number of nitrogens with zero attached hydrogens (tertiary/aromatic N) is 3. The summed E-state index contributed by atoms with van der Waals surface area (Å²) in [5, 5.41) is 10.2. The molecule has 3 heterocycles. The highest BCUT2D eigenvalue weighted by Crippen LogP contribution is 2.36. The highest BCUT2D eigenvalue weighted by Gasteiger charge is 2.31. The van der Waals surface area contributed by atoms with Crippen molar-refractivity contribution in [1.82, 2.24) is 20.3 Å². The van der Waals surface area contributed by atoms with Crippen molar-refractivity contribution < 1.29 is 0 Å². The van der Waals surface area contributed by atoms with Gasteiger partial charge in [-0.05, 0) is 49.2 Å². The normalized spacial score (nSPS) is 14.3. The van der Waals surface area contributed by atoms with E-state index in [2.05, 4.69) is 77.9 Å². The molecule has 1 aliphatic heterocycles. The lowest BCUT2D eigenvalue weighted by molar-refractivity contribution is 0.586. The molecule has 30 heavy (non-hydrogen) atoms. The molecule has 0 radical (unpaired) electrons. The maximum atomic E-state index is 4.74. The maximum Gasteiger partial charge on any atom is 0.227 e. The fourth-order valence-corrected chi connectivity index (χ4v) is 3.75. The van der Waals surface area contributed by atoms with Crippen molar-refractivity contribution in [3.8, 4) is 11.3 Å². The van der Waals surface area contributed by atoms with Crippen LogP contribution in [0.25, 0.3) is 11.3 Å². The molecule has 0 aliphatic carbocycles. The van der Waals surface area contributed by atoms with Crippen LogP contribution in [0.4, 0.5) is 17.5 Å². The van der Waals surface area contributed by atoms with Crippen molar-refractivity contribution >= 4 is 17.5 Å². The van der Waals surface area contributed by atoms with Crippen LogP contribution >= 0.6 is 0 Å². The van der Waals surface area contributed by atoms with Gasteiger partial charge in [0.25, 0.3) is 0 Å². The van der Waals surface area contributed by atoms with E-state index in [1.807, 2.05) is 12.3 Å². The molecule has 6 heteroatoms. The number of rotatable bonds is 7. The summed E-state index contributed by atoms with van der Waals surface area (Å²) < 4.78 is 0. The van der Waals surface area contributed by atoms with Gasteiger partial charge in [0, 0.05) is 47.7 Å². The minimum Gasteiger partial charge on any atom is -0.369 e. The van der Waals surface area contributed by atoms with Gasteiger partial charge in [0.15, 0.2) is 0 Å². The molecule has 156 valence electrons. The SMILES string of the molecule is CCCNCc1ccc(Nc2nccc(-c3cnc4c(c3)C(C)(C)CN4)n2)c(C)c1. The molecule has 1 aromatic carbocycles. The first-order chi connectivity index (χ1) is 14.5. The molecule has 6 nitrogen and oxygen atoms in total. The third-order valence-electron chi connectivity index (χ3n) is 5.56. The van der Waals surface area contributed by atoms with Gasteiger partial charge in [0.2, 0.25) is 5.95 Å². The van der Waals surface area contributed by atoms with Crippen LogP contribution in [0.1, 0.15) is 43.9 Å². The van der Waals surface area contributed by atoms with Crippen LogP contribution in [0.5, 0.6) is 0 Å². The van der Waals surface area contributed by atoms with E-state index in [9.17, 15) is 0 Å². The first-order valence-corrected chi connectivity index (χ1v) is 10.6. The number of nitrogens with one attached hydrogen (secondary N) is 3. The van der Waals surface area contributed by atoms with E-state index in [0.717, 1.165) is 48.8 Å². The molecule has 0 spiro atoms. The molecule has 1 aliphatic rings. The number of hydrogen-bond donors (Lipinski definition) is 3. The first-order valence-electron chi connectivity index (χ1n) is 10.6. The number of anilines is 3. The Balaban J connectivity index is 1.54. The van der Waals surface area contributed by atoms with Crippen molar-refractivity contribution in [2.75, 3.05) is 23.7 Å². The highest BCUT2D eigenvalue weighted by atomic mass is 15.1. The topological polar surface area (TPSA) is 74.8 Å². The number of hydrogen-bond acceptors (Lipinski definition) is 6. The third kappa shape index (κ3) is 4.28. The predicted octanol–water partition coefficient (Wildman–Crippen LogP) is 4.79. The van der Waals surface area contributed by atoms with Gasteiger partial charge < -0.3 is 16.0 Å². The molecule has 0 bridgehead atoms. The summed E-state index contributed by atoms with van der Waals surface area (Å²) in [6, 6.07) is 10.6. The van der Waals surface area contributed by atoms with Crippen LogP contribution in [-0.2, 0) is 12.0 Å². The summed E-state index contributed by atoms with van der Waals surface area (Å²) in [4.78, 5) is 13.8. The molecule has 0 saturated carbocycles. The third-order valence-corrected chi connectivity index (χ3v) is 5.56. The van der Waals surface area contributed by atoms with Gasteiger partial charge in [0.05, 0.1) is 5.69 Å². The number of aromatic nitrogens is 3. The van der Waals surface area contributed by atoms with Crippen molar-refractivity contribution in [3.63, 3.8) is 0 Å². The molecule has 2 aromatic heterocycles. The van der Waals surface area contributed by atoms with Crippen LogP contribution in [0, 0.1) is 6.92 Å². The summed E-state index contributed by atoms with van der Waals surface area (Å²) in [7, 11) is 0. The van der Waals surface area contributed by atoms with E-state index in [1.165, 1.54) is 16.7 Å². The van der Waals surface area contributed by atoms with E-state index < -0.39 is 0 Å². The molecule has 0 unspecified atom stereocenters. The molecular formula is C24H30N6. The lowest BCUT2D eigenvalue weighted by atomic mass is 9.87. The van der Waals surface area contributed by atoms with Crippen molar-refractivity contribution in [2.45, 2.75) is 46.1 Å². The zero-order chi connectivity index (χ0) is 21.1. The summed E-state index contributed by atoms with van der Waals surface area (Å²) in [6.45, 7) is 11.6. The summed E-state index contributed by atoms with van der Waals surface area (Å²) in [6.07, 6.45) is 4.81. The molecule has 4 rings (SSSR count). The van der Waals surface area contributed by atoms with Gasteiger partial charge in [-0.15, -0.1) is 0 Å². The molecule has 3 aromatic rings. The van der Waals surface area contributed by atoms with Crippen molar-refractivity contribution in [3.05, 3.63) is 59.4 Å². The molecule has 0 fully saturated rings. The number of fused-ring (bicyclic) bond motifs is 1. The monoisotopic (exact) mass is 402 g/mol. The minimum absolute atomic E-state index is 0.0668. The second-order valence-corrected chi connectivity index (χ2v) is 8.57. The van der Waals surface area contributed by atoms with Crippen LogP contribution in [0.3, 0.4) is 0 Å². The Morgan fingerprint density at radius 3 is 2.80 bits per heavy atom. The van der Waals surface area contributed by atoms with Crippen LogP contribution in [0.15, 0.2) is 42.7 Å². The smallest absolute Gasteiger partial charge is 0.227 e. The Bertz CT molecular complexity index is 1040. The number of pyridine rings is 1. The number of aryl methyl sites for hydroxylation is 1. The fraction of sp³-hybridized carbons (Fsp3) is 0.375. The van der Waals surface area contributed by atoms with E-state index in [1.54, 1.807) is 6.20 Å². The lowest BCUT2D eigenvalue weighted by Crippen LogP contribution is -2.18. The zero-order valence-electron chi connectivity index (χ0n) is 18.2. The summed E-state index contributed by atoms with van der Waals surface area (Å²) in [5.41, 5.74) is 6.64. The summed E-state index contributed by atoms with van der Waals surface area (Å²) >= 11 is 0. The van der Waals surface area contributed by atoms with Crippen LogP contribution < -0.4 is 16.0 Å². The van der Waals surface area contributed by atoms with Gasteiger partial charge in [0.1, 0.15) is 5.82 Å². The van der Waals surface area contributed by atoms with Crippen LogP contribution in [0.2, 0.25) is 0 Å². The highest BCUT2D eigenvalue weighted by molar-refractivity contribution is 5.67. The van der Waals surface area contributed by atoms with Gasteiger partial charge in [-0.25, -0.2) is 15.0 Å². The Labute approximate surface area is 178 Å². The Morgan fingerprint density at radius 1 is 1.13 bits per heavy atom. The van der Waals surface area contributed by atoms with E-state index in [-0.39, 0.29) is 5.41 Å². The van der Waals surface area contributed by atoms with Gasteiger partial charge in [-0.1, -0.05) is 32.9 Å². The maximum absolute atomic E-state index is 4.74. The number of benzene rings is 1. The molecule has 0 amide bonds. The second kappa shape index (κ2) is 8.40. The van der Waals surface area contributed by atoms with Gasteiger partial charge in [-0.2, -0.15) is 0 Å². The van der Waals surface area contributed by atoms with E-state index in [4.69, 9.17) is 4.98 Å². The zero-order valence-corrected chi connectivity index (χ0v) is 18.2.